The molecule has 4 aromatic carbocycles. The van der Waals surface area contributed by atoms with Crippen molar-refractivity contribution in [2.75, 3.05) is 5.73 Å². The molecule has 4 aromatic rings. The zero-order chi connectivity index (χ0) is 18.8. The van der Waals surface area contributed by atoms with Crippen molar-refractivity contribution in [3.05, 3.63) is 90.0 Å². The minimum atomic E-state index is 0.226. The monoisotopic (exact) mass is 345 g/mol. The van der Waals surface area contributed by atoms with Gasteiger partial charge in [-0.05, 0) is 28.0 Å². The van der Waals surface area contributed by atoms with Gasteiger partial charge in [-0.1, -0.05) is 72.8 Å². The molecule has 0 aliphatic carbocycles. The lowest BCUT2D eigenvalue weighted by molar-refractivity contribution is 1.44. The zero-order valence-electron chi connectivity index (χ0n) is 14.5. The lowest BCUT2D eigenvalue weighted by atomic mass is 9.88. The Morgan fingerprint density at radius 3 is 2.00 bits per heavy atom. The summed E-state index contributed by atoms with van der Waals surface area (Å²) in [5.74, 6) is 0. The van der Waals surface area contributed by atoms with Crippen molar-refractivity contribution < 1.29 is 0 Å². The van der Waals surface area contributed by atoms with Gasteiger partial charge in [-0.2, -0.15) is 10.5 Å². The van der Waals surface area contributed by atoms with Crippen LogP contribution in [0.25, 0.3) is 33.0 Å². The number of benzene rings is 4. The third-order valence-corrected chi connectivity index (χ3v) is 4.75. The van der Waals surface area contributed by atoms with Crippen LogP contribution in [0.4, 0.5) is 5.69 Å². The van der Waals surface area contributed by atoms with Gasteiger partial charge in [0.2, 0.25) is 0 Å². The summed E-state index contributed by atoms with van der Waals surface area (Å²) >= 11 is 0. The second kappa shape index (κ2) is 6.67. The van der Waals surface area contributed by atoms with Crippen LogP contribution < -0.4 is 5.73 Å². The molecule has 2 N–H and O–H groups in total. The van der Waals surface area contributed by atoms with Gasteiger partial charge < -0.3 is 5.73 Å². The first kappa shape index (κ1) is 16.4. The lowest BCUT2D eigenvalue weighted by Crippen LogP contribution is -2.01. The highest BCUT2D eigenvalue weighted by atomic mass is 14.6. The van der Waals surface area contributed by atoms with E-state index in [-0.39, 0.29) is 5.69 Å². The maximum atomic E-state index is 9.77. The molecule has 0 heterocycles. The van der Waals surface area contributed by atoms with Crippen LogP contribution in [-0.4, -0.2) is 0 Å². The topological polar surface area (TPSA) is 73.6 Å². The van der Waals surface area contributed by atoms with E-state index in [9.17, 15) is 10.5 Å². The number of nitrogens with zero attached hydrogens (tertiary/aromatic N) is 2. The summed E-state index contributed by atoms with van der Waals surface area (Å²) in [6.45, 7) is 0. The molecule has 0 amide bonds. The SMILES string of the molecule is N#Cc1c(-c2ccccc2)cc(-c2cccc3ccccc23)c(C#N)c1N. The molecule has 0 radical (unpaired) electrons. The molecule has 3 heteroatoms. The molecule has 0 saturated carbocycles. The van der Waals surface area contributed by atoms with Gasteiger partial charge in [0, 0.05) is 11.1 Å². The second-order valence-corrected chi connectivity index (χ2v) is 6.25. The molecule has 0 aromatic heterocycles. The predicted octanol–water partition coefficient (Wildman–Crippen LogP) is 5.50. The Balaban J connectivity index is 2.11. The summed E-state index contributed by atoms with van der Waals surface area (Å²) in [5, 5.41) is 21.6. The number of hydrogen-bond donors (Lipinski definition) is 1. The van der Waals surface area contributed by atoms with Gasteiger partial charge in [0.15, 0.2) is 0 Å². The van der Waals surface area contributed by atoms with E-state index in [4.69, 9.17) is 5.73 Å². The van der Waals surface area contributed by atoms with E-state index >= 15 is 0 Å². The molecule has 0 aliphatic heterocycles. The maximum absolute atomic E-state index is 9.77. The molecule has 27 heavy (non-hydrogen) atoms. The molecule has 0 spiro atoms. The fourth-order valence-corrected chi connectivity index (χ4v) is 3.46. The molecule has 0 atom stereocenters. The first-order valence-electron chi connectivity index (χ1n) is 8.55. The Bertz CT molecular complexity index is 1240. The predicted molar refractivity (Wildman–Crippen MR) is 109 cm³/mol. The first-order chi connectivity index (χ1) is 13.2. The molecule has 0 bridgehead atoms. The zero-order valence-corrected chi connectivity index (χ0v) is 14.5. The Hall–Kier alpha value is -4.08. The standard InChI is InChI=1S/C24H15N3/c25-14-22-20(17-7-2-1-3-8-17)13-21(23(15-26)24(22)27)19-12-6-10-16-9-4-5-11-18(16)19/h1-13H,27H2. The smallest absolute Gasteiger partial charge is 0.102 e. The Kier molecular flexibility index (Phi) is 4.05. The van der Waals surface area contributed by atoms with E-state index in [1.807, 2.05) is 78.9 Å². The van der Waals surface area contributed by atoms with Crippen LogP contribution >= 0.6 is 0 Å². The molecule has 0 saturated heterocycles. The van der Waals surface area contributed by atoms with E-state index in [0.29, 0.717) is 11.1 Å². The number of nitriles is 2. The Labute approximate surface area is 157 Å². The van der Waals surface area contributed by atoms with Crippen molar-refractivity contribution in [2.24, 2.45) is 0 Å². The minimum absolute atomic E-state index is 0.226. The Morgan fingerprint density at radius 1 is 0.630 bits per heavy atom. The van der Waals surface area contributed by atoms with Gasteiger partial charge >= 0.3 is 0 Å². The second-order valence-electron chi connectivity index (χ2n) is 6.25. The normalized spacial score (nSPS) is 10.3. The van der Waals surface area contributed by atoms with Crippen molar-refractivity contribution in [2.45, 2.75) is 0 Å². The molecule has 4 rings (SSSR count). The van der Waals surface area contributed by atoms with Crippen molar-refractivity contribution in [3.63, 3.8) is 0 Å². The van der Waals surface area contributed by atoms with Crippen molar-refractivity contribution in [1.29, 1.82) is 10.5 Å². The van der Waals surface area contributed by atoms with Crippen LogP contribution in [0.1, 0.15) is 11.1 Å². The summed E-state index contributed by atoms with van der Waals surface area (Å²) in [4.78, 5) is 0. The quantitative estimate of drug-likeness (QED) is 0.488. The number of nitrogen functional groups attached to an aromatic ring is 1. The van der Waals surface area contributed by atoms with Crippen LogP contribution in [0, 0.1) is 22.7 Å². The highest BCUT2D eigenvalue weighted by Gasteiger charge is 2.19. The van der Waals surface area contributed by atoms with Crippen molar-refractivity contribution >= 4 is 16.5 Å². The van der Waals surface area contributed by atoms with Gasteiger partial charge in [0.25, 0.3) is 0 Å². The van der Waals surface area contributed by atoms with E-state index in [1.165, 1.54) is 0 Å². The van der Waals surface area contributed by atoms with E-state index in [0.717, 1.165) is 33.0 Å². The van der Waals surface area contributed by atoms with Crippen LogP contribution in [0.3, 0.4) is 0 Å². The van der Waals surface area contributed by atoms with Crippen LogP contribution in [0.2, 0.25) is 0 Å². The van der Waals surface area contributed by atoms with Crippen molar-refractivity contribution in [3.8, 4) is 34.4 Å². The third-order valence-electron chi connectivity index (χ3n) is 4.75. The summed E-state index contributed by atoms with van der Waals surface area (Å²) in [5.41, 5.74) is 10.5. The van der Waals surface area contributed by atoms with Crippen LogP contribution in [-0.2, 0) is 0 Å². The molecule has 0 fully saturated rings. The number of rotatable bonds is 2. The molecule has 126 valence electrons. The van der Waals surface area contributed by atoms with Crippen LogP contribution in [0.15, 0.2) is 78.9 Å². The van der Waals surface area contributed by atoms with Gasteiger partial charge in [-0.25, -0.2) is 0 Å². The molecular formula is C24H15N3. The highest BCUT2D eigenvalue weighted by Crippen LogP contribution is 2.39. The summed E-state index contributed by atoms with van der Waals surface area (Å²) in [6.07, 6.45) is 0. The van der Waals surface area contributed by atoms with Crippen molar-refractivity contribution in [1.82, 2.24) is 0 Å². The Morgan fingerprint density at radius 2 is 1.26 bits per heavy atom. The van der Waals surface area contributed by atoms with E-state index in [1.54, 1.807) is 0 Å². The first-order valence-corrected chi connectivity index (χ1v) is 8.55. The summed E-state index contributed by atoms with van der Waals surface area (Å²) < 4.78 is 0. The molecule has 0 aliphatic rings. The maximum Gasteiger partial charge on any atom is 0.102 e. The summed E-state index contributed by atoms with van der Waals surface area (Å²) in [7, 11) is 0. The number of anilines is 1. The minimum Gasteiger partial charge on any atom is -0.397 e. The average Bonchev–Trinajstić information content (AvgIpc) is 2.73. The number of fused-ring (bicyclic) bond motifs is 1. The summed E-state index contributed by atoms with van der Waals surface area (Å²) in [6, 6.07) is 29.9. The average molecular weight is 345 g/mol. The largest absolute Gasteiger partial charge is 0.397 e. The van der Waals surface area contributed by atoms with Gasteiger partial charge in [-0.15, -0.1) is 0 Å². The van der Waals surface area contributed by atoms with E-state index < -0.39 is 0 Å². The van der Waals surface area contributed by atoms with Gasteiger partial charge in [0.05, 0.1) is 16.8 Å². The highest BCUT2D eigenvalue weighted by molar-refractivity contribution is 6.00. The molecular weight excluding hydrogens is 330 g/mol. The number of hydrogen-bond acceptors (Lipinski definition) is 3. The fraction of sp³-hybridized carbons (Fsp3) is 0. The molecule has 0 unspecified atom stereocenters. The van der Waals surface area contributed by atoms with Gasteiger partial charge in [-0.3, -0.25) is 0 Å². The lowest BCUT2D eigenvalue weighted by Gasteiger charge is -2.15. The van der Waals surface area contributed by atoms with Crippen LogP contribution in [0.5, 0.6) is 0 Å². The van der Waals surface area contributed by atoms with Gasteiger partial charge in [0.1, 0.15) is 12.1 Å². The third kappa shape index (κ3) is 2.68. The van der Waals surface area contributed by atoms with E-state index in [2.05, 4.69) is 12.1 Å². The molecule has 3 nitrogen and oxygen atoms in total. The number of nitrogens with two attached hydrogens (primary N) is 1. The fourth-order valence-electron chi connectivity index (χ4n) is 3.46.